The molecule has 162 valence electrons. The summed E-state index contributed by atoms with van der Waals surface area (Å²) >= 11 is 6.04. The first kappa shape index (κ1) is 20.4. The van der Waals surface area contributed by atoms with E-state index in [0.717, 1.165) is 0 Å². The first-order valence-corrected chi connectivity index (χ1v) is 10.4. The van der Waals surface area contributed by atoms with Crippen molar-refractivity contribution in [2.24, 2.45) is 5.92 Å². The molecule has 2 saturated heterocycles. The molecular weight excluding hydrogens is 432 g/mol. The molecule has 0 saturated carbocycles. The summed E-state index contributed by atoms with van der Waals surface area (Å²) in [6, 6.07) is 20.0. The fraction of sp³-hybridized carbons (Fsp3) is 0.167. The number of para-hydroxylation sites is 1. The summed E-state index contributed by atoms with van der Waals surface area (Å²) in [5, 5.41) is 12.2. The van der Waals surface area contributed by atoms with Crippen molar-refractivity contribution in [1.82, 2.24) is 0 Å². The van der Waals surface area contributed by atoms with Gasteiger partial charge in [-0.15, -0.1) is 0 Å². The van der Waals surface area contributed by atoms with Crippen molar-refractivity contribution in [3.8, 4) is 11.5 Å². The van der Waals surface area contributed by atoms with Crippen molar-refractivity contribution >= 4 is 34.8 Å². The van der Waals surface area contributed by atoms with Crippen LogP contribution in [0.25, 0.3) is 0 Å². The third kappa shape index (κ3) is 3.18. The van der Waals surface area contributed by atoms with Crippen molar-refractivity contribution in [2.75, 3.05) is 17.1 Å². The SMILES string of the molecule is COc1cc([C@@H]2[C@H]3C(=O)N(c4ccccc4)C(=O)[C@@H]3ON2c2ccc(Cl)cc2)ccc1O. The number of nitrogens with zero attached hydrogens (tertiary/aromatic N) is 2. The van der Waals surface area contributed by atoms with Crippen molar-refractivity contribution in [3.63, 3.8) is 0 Å². The highest BCUT2D eigenvalue weighted by atomic mass is 35.5. The molecule has 32 heavy (non-hydrogen) atoms. The Bertz CT molecular complexity index is 1180. The van der Waals surface area contributed by atoms with Crippen LogP contribution in [0.1, 0.15) is 11.6 Å². The number of aromatic hydroxyl groups is 1. The van der Waals surface area contributed by atoms with Crippen molar-refractivity contribution in [3.05, 3.63) is 83.4 Å². The van der Waals surface area contributed by atoms with Gasteiger partial charge in [0.15, 0.2) is 17.6 Å². The molecule has 3 aromatic carbocycles. The summed E-state index contributed by atoms with van der Waals surface area (Å²) in [6.45, 7) is 0. The van der Waals surface area contributed by atoms with Gasteiger partial charge in [0.1, 0.15) is 5.92 Å². The van der Waals surface area contributed by atoms with Crippen molar-refractivity contribution in [2.45, 2.75) is 12.1 Å². The Hall–Kier alpha value is -3.55. The van der Waals surface area contributed by atoms with Crippen LogP contribution in [0.4, 0.5) is 11.4 Å². The predicted molar refractivity (Wildman–Crippen MR) is 119 cm³/mol. The van der Waals surface area contributed by atoms with E-state index in [1.165, 1.54) is 18.1 Å². The van der Waals surface area contributed by atoms with Crippen LogP contribution in [-0.2, 0) is 14.4 Å². The molecule has 0 aliphatic carbocycles. The second-order valence-corrected chi connectivity index (χ2v) is 8.01. The van der Waals surface area contributed by atoms with Crippen LogP contribution in [0, 0.1) is 5.92 Å². The topological polar surface area (TPSA) is 79.3 Å². The smallest absolute Gasteiger partial charge is 0.266 e. The number of ether oxygens (including phenoxy) is 1. The first-order chi connectivity index (χ1) is 15.5. The summed E-state index contributed by atoms with van der Waals surface area (Å²) in [4.78, 5) is 34.1. The Morgan fingerprint density at radius 1 is 0.938 bits per heavy atom. The Morgan fingerprint density at radius 2 is 1.66 bits per heavy atom. The number of anilines is 2. The number of carbonyl (C=O) groups is 2. The Balaban J connectivity index is 1.61. The number of phenols is 1. The monoisotopic (exact) mass is 450 g/mol. The predicted octanol–water partition coefficient (Wildman–Crippen LogP) is 4.11. The molecule has 0 bridgehead atoms. The van der Waals surface area contributed by atoms with Crippen molar-refractivity contribution in [1.29, 1.82) is 0 Å². The Labute approximate surface area is 189 Å². The molecule has 8 heteroatoms. The Morgan fingerprint density at radius 3 is 2.34 bits per heavy atom. The minimum Gasteiger partial charge on any atom is -0.504 e. The number of halogens is 1. The van der Waals surface area contributed by atoms with E-state index in [9.17, 15) is 14.7 Å². The van der Waals surface area contributed by atoms with E-state index in [1.807, 2.05) is 6.07 Å². The van der Waals surface area contributed by atoms with Crippen molar-refractivity contribution < 1.29 is 24.3 Å². The van der Waals surface area contributed by atoms with E-state index in [4.69, 9.17) is 21.2 Å². The highest BCUT2D eigenvalue weighted by Crippen LogP contribution is 2.48. The molecule has 1 N–H and O–H groups in total. The number of fused-ring (bicyclic) bond motifs is 1. The molecule has 7 nitrogen and oxygen atoms in total. The van der Waals surface area contributed by atoms with Crippen LogP contribution >= 0.6 is 11.6 Å². The van der Waals surface area contributed by atoms with Gasteiger partial charge < -0.3 is 9.84 Å². The maximum Gasteiger partial charge on any atom is 0.266 e. The van der Waals surface area contributed by atoms with Gasteiger partial charge in [0.2, 0.25) is 5.91 Å². The standard InChI is InChI=1S/C24H19ClN2O5/c1-31-19-13-14(7-12-18(19)28)21-20-22(32-27(21)17-10-8-15(25)9-11-17)24(30)26(23(20)29)16-5-3-2-4-6-16/h2-13,20-22,28H,1H3/t20-,21-,22-/m1/s1. The molecule has 2 aliphatic heterocycles. The molecule has 2 heterocycles. The van der Waals surface area contributed by atoms with Crippen LogP contribution < -0.4 is 14.7 Å². The lowest BCUT2D eigenvalue weighted by atomic mass is 9.90. The number of hydrogen-bond donors (Lipinski definition) is 1. The molecule has 2 aliphatic rings. The number of hydrogen-bond acceptors (Lipinski definition) is 6. The largest absolute Gasteiger partial charge is 0.504 e. The highest BCUT2D eigenvalue weighted by Gasteiger charge is 2.60. The summed E-state index contributed by atoms with van der Waals surface area (Å²) in [5.41, 5.74) is 1.81. The average Bonchev–Trinajstić information content (AvgIpc) is 3.31. The first-order valence-electron chi connectivity index (χ1n) is 10.0. The van der Waals surface area contributed by atoms with E-state index in [2.05, 4.69) is 0 Å². The summed E-state index contributed by atoms with van der Waals surface area (Å²) in [7, 11) is 1.45. The molecule has 0 radical (unpaired) electrons. The third-order valence-electron chi connectivity index (χ3n) is 5.76. The van der Waals surface area contributed by atoms with Crippen LogP contribution in [-0.4, -0.2) is 30.1 Å². The van der Waals surface area contributed by atoms with Crippen LogP contribution in [0.5, 0.6) is 11.5 Å². The maximum atomic E-state index is 13.5. The van der Waals surface area contributed by atoms with E-state index >= 15 is 0 Å². The molecule has 0 spiro atoms. The summed E-state index contributed by atoms with van der Waals surface area (Å²) in [5.74, 6) is -1.31. The van der Waals surface area contributed by atoms with Gasteiger partial charge in [0.05, 0.1) is 24.5 Å². The number of methoxy groups -OCH3 is 1. The minimum atomic E-state index is -0.983. The quantitative estimate of drug-likeness (QED) is 0.603. The second-order valence-electron chi connectivity index (χ2n) is 7.58. The molecule has 2 amide bonds. The van der Waals surface area contributed by atoms with Crippen LogP contribution in [0.3, 0.4) is 0 Å². The molecule has 0 unspecified atom stereocenters. The van der Waals surface area contributed by atoms with E-state index in [0.29, 0.717) is 22.0 Å². The number of hydroxylamine groups is 1. The molecule has 0 aromatic heterocycles. The Kier molecular flexibility index (Phi) is 5.00. The van der Waals surface area contributed by atoms with Gasteiger partial charge in [-0.2, -0.15) is 0 Å². The lowest BCUT2D eigenvalue weighted by molar-refractivity contribution is -0.126. The number of phenolic OH excluding ortho intramolecular Hbond substituents is 1. The lowest BCUT2D eigenvalue weighted by Crippen LogP contribution is -2.37. The molecule has 5 rings (SSSR count). The number of benzene rings is 3. The average molecular weight is 451 g/mol. The fourth-order valence-corrected chi connectivity index (χ4v) is 4.40. The number of carbonyl (C=O) groups excluding carboxylic acids is 2. The van der Waals surface area contributed by atoms with Gasteiger partial charge in [0, 0.05) is 5.02 Å². The summed E-state index contributed by atoms with van der Waals surface area (Å²) < 4.78 is 5.26. The van der Waals surface area contributed by atoms with E-state index in [-0.39, 0.29) is 17.4 Å². The van der Waals surface area contributed by atoms with E-state index in [1.54, 1.807) is 65.7 Å². The number of imide groups is 1. The zero-order valence-corrected chi connectivity index (χ0v) is 17.8. The van der Waals surface area contributed by atoms with Crippen LogP contribution in [0.2, 0.25) is 5.02 Å². The zero-order valence-electron chi connectivity index (χ0n) is 17.0. The van der Waals surface area contributed by atoms with E-state index < -0.39 is 24.0 Å². The van der Waals surface area contributed by atoms with Gasteiger partial charge in [-0.1, -0.05) is 35.9 Å². The minimum absolute atomic E-state index is 0.0236. The molecular formula is C24H19ClN2O5. The van der Waals surface area contributed by atoms with Gasteiger partial charge in [-0.25, -0.2) is 9.96 Å². The molecule has 2 fully saturated rings. The molecule has 3 aromatic rings. The van der Waals surface area contributed by atoms with Gasteiger partial charge in [-0.3, -0.25) is 14.4 Å². The normalized spacial score (nSPS) is 22.4. The fourth-order valence-electron chi connectivity index (χ4n) is 4.28. The third-order valence-corrected chi connectivity index (χ3v) is 6.01. The highest BCUT2D eigenvalue weighted by molar-refractivity contribution is 6.30. The lowest BCUT2D eigenvalue weighted by Gasteiger charge is -2.29. The van der Waals surface area contributed by atoms with Gasteiger partial charge >= 0.3 is 0 Å². The molecule has 3 atom stereocenters. The van der Waals surface area contributed by atoms with Gasteiger partial charge in [0.25, 0.3) is 5.91 Å². The summed E-state index contributed by atoms with van der Waals surface area (Å²) in [6.07, 6.45) is -0.983. The van der Waals surface area contributed by atoms with Crippen LogP contribution in [0.15, 0.2) is 72.8 Å². The second kappa shape index (κ2) is 7.85. The number of amides is 2. The number of rotatable bonds is 4. The maximum absolute atomic E-state index is 13.5. The van der Waals surface area contributed by atoms with Gasteiger partial charge in [-0.05, 0) is 54.1 Å². The zero-order chi connectivity index (χ0) is 22.4.